The van der Waals surface area contributed by atoms with Gasteiger partial charge < -0.3 is 15.1 Å². The Balaban J connectivity index is 2.09. The standard InChI is InChI=1S/C14H25N5O3/c1-10-3-4-11(13(21)17-15)6-19(10)12-5-16-18(7-12)8-14(2,22)9-20/h5,7,10-11,20,22H,3-4,6,8-9,15H2,1-2H3,(H,17,21). The molecule has 0 saturated carbocycles. The van der Waals surface area contributed by atoms with Crippen LogP contribution in [0.25, 0.3) is 0 Å². The first-order chi connectivity index (χ1) is 10.4. The predicted molar refractivity (Wildman–Crippen MR) is 81.8 cm³/mol. The summed E-state index contributed by atoms with van der Waals surface area (Å²) in [6, 6.07) is 0.304. The van der Waals surface area contributed by atoms with Gasteiger partial charge in [-0.15, -0.1) is 0 Å². The topological polar surface area (TPSA) is 117 Å². The highest BCUT2D eigenvalue weighted by molar-refractivity contribution is 5.79. The Morgan fingerprint density at radius 1 is 1.59 bits per heavy atom. The summed E-state index contributed by atoms with van der Waals surface area (Å²) in [6.45, 7) is 4.13. The molecular weight excluding hydrogens is 286 g/mol. The van der Waals surface area contributed by atoms with Crippen LogP contribution in [-0.4, -0.2) is 50.7 Å². The number of hydrogen-bond donors (Lipinski definition) is 4. The molecule has 1 fully saturated rings. The van der Waals surface area contributed by atoms with Crippen LogP contribution in [0.2, 0.25) is 0 Å². The molecule has 0 aromatic carbocycles. The molecule has 3 atom stereocenters. The number of hydrazine groups is 1. The Hall–Kier alpha value is -1.64. The lowest BCUT2D eigenvalue weighted by molar-refractivity contribution is -0.125. The molecule has 0 spiro atoms. The molecule has 1 aliphatic rings. The zero-order chi connectivity index (χ0) is 16.3. The Morgan fingerprint density at radius 2 is 2.32 bits per heavy atom. The minimum absolute atomic E-state index is 0.134. The van der Waals surface area contributed by atoms with E-state index in [1.54, 1.807) is 17.8 Å². The molecule has 1 aromatic rings. The van der Waals surface area contributed by atoms with Crippen molar-refractivity contribution < 1.29 is 15.0 Å². The molecule has 1 aliphatic heterocycles. The van der Waals surface area contributed by atoms with Crippen LogP contribution in [0.15, 0.2) is 12.4 Å². The second kappa shape index (κ2) is 6.64. The lowest BCUT2D eigenvalue weighted by atomic mass is 9.92. The lowest BCUT2D eigenvalue weighted by Gasteiger charge is -2.38. The summed E-state index contributed by atoms with van der Waals surface area (Å²) in [5, 5.41) is 23.2. The van der Waals surface area contributed by atoms with E-state index in [4.69, 9.17) is 10.9 Å². The zero-order valence-corrected chi connectivity index (χ0v) is 13.1. The maximum atomic E-state index is 11.7. The van der Waals surface area contributed by atoms with Crippen LogP contribution in [-0.2, 0) is 11.3 Å². The van der Waals surface area contributed by atoms with Gasteiger partial charge in [0, 0.05) is 18.8 Å². The number of hydrogen-bond acceptors (Lipinski definition) is 6. The quantitative estimate of drug-likeness (QED) is 0.322. The molecule has 8 heteroatoms. The minimum Gasteiger partial charge on any atom is -0.393 e. The average molecular weight is 311 g/mol. The molecule has 124 valence electrons. The van der Waals surface area contributed by atoms with Gasteiger partial charge in [0.05, 0.1) is 31.0 Å². The first-order valence-electron chi connectivity index (χ1n) is 7.49. The van der Waals surface area contributed by atoms with Gasteiger partial charge in [-0.2, -0.15) is 5.10 Å². The smallest absolute Gasteiger partial charge is 0.238 e. The number of piperidine rings is 1. The Labute approximate surface area is 129 Å². The van der Waals surface area contributed by atoms with Gasteiger partial charge in [-0.05, 0) is 26.7 Å². The number of nitrogens with one attached hydrogen (secondary N) is 1. The number of nitrogens with zero attached hydrogens (tertiary/aromatic N) is 3. The molecule has 22 heavy (non-hydrogen) atoms. The van der Waals surface area contributed by atoms with Gasteiger partial charge >= 0.3 is 0 Å². The summed E-state index contributed by atoms with van der Waals surface area (Å²) < 4.78 is 1.60. The van der Waals surface area contributed by atoms with E-state index < -0.39 is 5.60 Å². The Kier molecular flexibility index (Phi) is 5.05. The van der Waals surface area contributed by atoms with Crippen LogP contribution in [0.1, 0.15) is 26.7 Å². The molecule has 5 N–H and O–H groups in total. The maximum absolute atomic E-state index is 11.7. The van der Waals surface area contributed by atoms with E-state index in [0.29, 0.717) is 12.6 Å². The molecule has 1 aromatic heterocycles. The summed E-state index contributed by atoms with van der Waals surface area (Å²) >= 11 is 0. The van der Waals surface area contributed by atoms with E-state index in [9.17, 15) is 9.90 Å². The third-order valence-corrected chi connectivity index (χ3v) is 4.19. The summed E-state index contributed by atoms with van der Waals surface area (Å²) in [5.41, 5.74) is 1.91. The number of aliphatic hydroxyl groups is 2. The molecule has 1 amide bonds. The van der Waals surface area contributed by atoms with Gasteiger partial charge in [0.15, 0.2) is 0 Å². The number of aliphatic hydroxyl groups excluding tert-OH is 1. The molecule has 0 aliphatic carbocycles. The van der Waals surface area contributed by atoms with Gasteiger partial charge in [0.25, 0.3) is 0 Å². The van der Waals surface area contributed by atoms with E-state index >= 15 is 0 Å². The number of nitrogens with two attached hydrogens (primary N) is 1. The summed E-state index contributed by atoms with van der Waals surface area (Å²) in [6.07, 6.45) is 5.25. The maximum Gasteiger partial charge on any atom is 0.238 e. The monoisotopic (exact) mass is 311 g/mol. The normalized spacial score (nSPS) is 24.9. The predicted octanol–water partition coefficient (Wildman–Crippen LogP) is -0.779. The van der Waals surface area contributed by atoms with Gasteiger partial charge in [-0.3, -0.25) is 14.9 Å². The first kappa shape index (κ1) is 16.7. The van der Waals surface area contributed by atoms with E-state index in [0.717, 1.165) is 18.5 Å². The molecule has 0 bridgehead atoms. The molecule has 8 nitrogen and oxygen atoms in total. The van der Waals surface area contributed by atoms with Gasteiger partial charge in [-0.25, -0.2) is 5.84 Å². The number of amides is 1. The van der Waals surface area contributed by atoms with E-state index in [2.05, 4.69) is 22.3 Å². The fourth-order valence-corrected chi connectivity index (χ4v) is 2.79. The number of rotatable bonds is 5. The van der Waals surface area contributed by atoms with Gasteiger partial charge in [0.1, 0.15) is 5.60 Å². The first-order valence-corrected chi connectivity index (χ1v) is 7.49. The molecule has 0 radical (unpaired) electrons. The summed E-state index contributed by atoms with van der Waals surface area (Å²) in [5.74, 6) is 4.94. The molecule has 2 heterocycles. The number of carbonyl (C=O) groups is 1. The van der Waals surface area contributed by atoms with Crippen molar-refractivity contribution in [2.75, 3.05) is 18.1 Å². The highest BCUT2D eigenvalue weighted by Gasteiger charge is 2.30. The summed E-state index contributed by atoms with van der Waals surface area (Å²) in [4.78, 5) is 13.9. The minimum atomic E-state index is -1.21. The van der Waals surface area contributed by atoms with Crippen LogP contribution in [0.4, 0.5) is 5.69 Å². The van der Waals surface area contributed by atoms with Crippen molar-refractivity contribution in [2.24, 2.45) is 11.8 Å². The Morgan fingerprint density at radius 3 is 2.95 bits per heavy atom. The van der Waals surface area contributed by atoms with Crippen molar-refractivity contribution in [1.29, 1.82) is 0 Å². The number of aromatic nitrogens is 2. The highest BCUT2D eigenvalue weighted by atomic mass is 16.3. The van der Waals surface area contributed by atoms with Crippen molar-refractivity contribution in [2.45, 2.75) is 44.9 Å². The van der Waals surface area contributed by atoms with E-state index in [1.807, 2.05) is 6.20 Å². The number of carbonyl (C=O) groups excluding carboxylic acids is 1. The molecule has 1 saturated heterocycles. The fourth-order valence-electron chi connectivity index (χ4n) is 2.79. The average Bonchev–Trinajstić information content (AvgIpc) is 2.94. The molecular formula is C14H25N5O3. The van der Waals surface area contributed by atoms with Crippen LogP contribution in [0.5, 0.6) is 0 Å². The van der Waals surface area contributed by atoms with Crippen LogP contribution in [0, 0.1) is 5.92 Å². The van der Waals surface area contributed by atoms with Crippen molar-refractivity contribution in [3.05, 3.63) is 12.4 Å². The third kappa shape index (κ3) is 3.76. The Bertz CT molecular complexity index is 516. The number of anilines is 1. The van der Waals surface area contributed by atoms with Crippen molar-refractivity contribution >= 4 is 11.6 Å². The summed E-state index contributed by atoms with van der Waals surface area (Å²) in [7, 11) is 0. The van der Waals surface area contributed by atoms with Crippen molar-refractivity contribution in [1.82, 2.24) is 15.2 Å². The second-order valence-corrected chi connectivity index (χ2v) is 6.34. The van der Waals surface area contributed by atoms with Crippen LogP contribution >= 0.6 is 0 Å². The second-order valence-electron chi connectivity index (χ2n) is 6.34. The fraction of sp³-hybridized carbons (Fsp3) is 0.714. The van der Waals surface area contributed by atoms with Crippen LogP contribution < -0.4 is 16.2 Å². The largest absolute Gasteiger partial charge is 0.393 e. The SMILES string of the molecule is CC1CCC(C(=O)NN)CN1c1cnn(CC(C)(O)CO)c1. The van der Waals surface area contributed by atoms with E-state index in [1.165, 1.54) is 0 Å². The van der Waals surface area contributed by atoms with Gasteiger partial charge in [0.2, 0.25) is 5.91 Å². The lowest BCUT2D eigenvalue weighted by Crippen LogP contribution is -2.48. The zero-order valence-electron chi connectivity index (χ0n) is 13.1. The highest BCUT2D eigenvalue weighted by Crippen LogP contribution is 2.27. The molecule has 3 unspecified atom stereocenters. The van der Waals surface area contributed by atoms with Gasteiger partial charge in [-0.1, -0.05) is 0 Å². The third-order valence-electron chi connectivity index (χ3n) is 4.19. The molecule has 2 rings (SSSR count). The van der Waals surface area contributed by atoms with Crippen molar-refractivity contribution in [3.63, 3.8) is 0 Å². The van der Waals surface area contributed by atoms with Crippen molar-refractivity contribution in [3.8, 4) is 0 Å². The van der Waals surface area contributed by atoms with E-state index in [-0.39, 0.29) is 25.0 Å². The van der Waals surface area contributed by atoms with Crippen LogP contribution in [0.3, 0.4) is 0 Å².